The van der Waals surface area contributed by atoms with E-state index in [1.54, 1.807) is 29.8 Å². The smallest absolute Gasteiger partial charge is 0.265 e. The maximum Gasteiger partial charge on any atom is 0.265 e. The Kier molecular flexibility index (Phi) is 3.96. The van der Waals surface area contributed by atoms with Crippen LogP contribution in [0.3, 0.4) is 0 Å². The maximum atomic E-state index is 13.8. The molecule has 0 saturated carbocycles. The molecular formula is C18H14FN5OS. The zero-order valence-electron chi connectivity index (χ0n) is 14.0. The van der Waals surface area contributed by atoms with E-state index in [9.17, 15) is 9.18 Å². The topological polar surface area (TPSA) is 72.7 Å². The van der Waals surface area contributed by atoms with Gasteiger partial charge >= 0.3 is 0 Å². The van der Waals surface area contributed by atoms with Gasteiger partial charge in [-0.25, -0.2) is 4.39 Å². The molecule has 6 nitrogen and oxygen atoms in total. The fraction of sp³-hybridized carbons (Fsp3) is 0.111. The summed E-state index contributed by atoms with van der Waals surface area (Å²) in [5.74, 6) is 0.0370. The Morgan fingerprint density at radius 1 is 1.19 bits per heavy atom. The highest BCUT2D eigenvalue weighted by Crippen LogP contribution is 2.28. The lowest BCUT2D eigenvalue weighted by Gasteiger charge is -2.10. The molecule has 0 atom stereocenters. The maximum absolute atomic E-state index is 13.8. The van der Waals surface area contributed by atoms with Gasteiger partial charge in [-0.3, -0.25) is 4.79 Å². The summed E-state index contributed by atoms with van der Waals surface area (Å²) >= 11 is 1.26. The van der Waals surface area contributed by atoms with Gasteiger partial charge in [-0.2, -0.15) is 4.68 Å². The summed E-state index contributed by atoms with van der Waals surface area (Å²) in [4.78, 5) is 13.0. The molecule has 4 rings (SSSR count). The zero-order valence-corrected chi connectivity index (χ0v) is 14.8. The lowest BCUT2D eigenvalue weighted by molar-refractivity contribution is 0.103. The van der Waals surface area contributed by atoms with E-state index in [-0.39, 0.29) is 11.7 Å². The van der Waals surface area contributed by atoms with Crippen LogP contribution in [-0.2, 0) is 0 Å². The molecule has 0 unspecified atom stereocenters. The largest absolute Gasteiger partial charge is 0.321 e. The minimum Gasteiger partial charge on any atom is -0.321 e. The number of carbonyl (C=O) groups excluding carboxylic acids is 1. The van der Waals surface area contributed by atoms with Crippen molar-refractivity contribution in [2.75, 3.05) is 5.32 Å². The summed E-state index contributed by atoms with van der Waals surface area (Å²) in [6.07, 6.45) is 0. The van der Waals surface area contributed by atoms with Crippen molar-refractivity contribution in [2.45, 2.75) is 13.8 Å². The molecule has 0 saturated heterocycles. The fourth-order valence-corrected chi connectivity index (χ4v) is 3.67. The molecule has 0 aliphatic heterocycles. The van der Waals surface area contributed by atoms with E-state index >= 15 is 0 Å². The number of aryl methyl sites for hydroxylation is 2. The van der Waals surface area contributed by atoms with Gasteiger partial charge in [0.25, 0.3) is 5.91 Å². The third kappa shape index (κ3) is 2.84. The first-order chi connectivity index (χ1) is 12.5. The minimum atomic E-state index is -0.329. The van der Waals surface area contributed by atoms with E-state index in [4.69, 9.17) is 0 Å². The van der Waals surface area contributed by atoms with Crippen LogP contribution in [0.1, 0.15) is 21.1 Å². The van der Waals surface area contributed by atoms with Crippen molar-refractivity contribution < 1.29 is 9.18 Å². The Morgan fingerprint density at radius 3 is 2.77 bits per heavy atom. The van der Waals surface area contributed by atoms with Crippen molar-refractivity contribution in [3.63, 3.8) is 0 Å². The molecular weight excluding hydrogens is 353 g/mol. The predicted octanol–water partition coefficient (Wildman–Crippen LogP) is 3.89. The number of carbonyl (C=O) groups is 1. The Bertz CT molecular complexity index is 1130. The van der Waals surface area contributed by atoms with E-state index in [1.807, 2.05) is 25.1 Å². The lowest BCUT2D eigenvalue weighted by Crippen LogP contribution is -2.11. The number of benzene rings is 2. The summed E-state index contributed by atoms with van der Waals surface area (Å²) in [6, 6.07) is 11.9. The molecule has 0 radical (unpaired) electrons. The monoisotopic (exact) mass is 367 g/mol. The van der Waals surface area contributed by atoms with E-state index in [0.29, 0.717) is 21.8 Å². The highest BCUT2D eigenvalue weighted by atomic mass is 32.1. The van der Waals surface area contributed by atoms with E-state index in [0.717, 1.165) is 16.0 Å². The third-order valence-electron chi connectivity index (χ3n) is 4.05. The van der Waals surface area contributed by atoms with Gasteiger partial charge in [-0.1, -0.05) is 12.1 Å². The van der Waals surface area contributed by atoms with Crippen LogP contribution in [0.5, 0.6) is 0 Å². The number of thiophene rings is 1. The number of hydrogen-bond acceptors (Lipinski definition) is 5. The Morgan fingerprint density at radius 2 is 2.04 bits per heavy atom. The Balaban J connectivity index is 1.65. The number of tetrazole rings is 1. The van der Waals surface area contributed by atoms with Crippen LogP contribution in [0, 0.1) is 19.7 Å². The van der Waals surface area contributed by atoms with Crippen LogP contribution in [0.15, 0.2) is 42.5 Å². The van der Waals surface area contributed by atoms with E-state index < -0.39 is 0 Å². The number of anilines is 1. The molecule has 2 aromatic carbocycles. The van der Waals surface area contributed by atoms with Gasteiger partial charge in [0.05, 0.1) is 10.6 Å². The molecule has 0 spiro atoms. The van der Waals surface area contributed by atoms with Crippen molar-refractivity contribution in [1.82, 2.24) is 20.2 Å². The van der Waals surface area contributed by atoms with Gasteiger partial charge in [-0.15, -0.1) is 16.4 Å². The van der Waals surface area contributed by atoms with Gasteiger partial charge in [0.2, 0.25) is 0 Å². The number of nitrogens with zero attached hydrogens (tertiary/aromatic N) is 4. The summed E-state index contributed by atoms with van der Waals surface area (Å²) < 4.78 is 16.2. The molecule has 1 N–H and O–H groups in total. The van der Waals surface area contributed by atoms with Crippen LogP contribution in [-0.4, -0.2) is 26.1 Å². The van der Waals surface area contributed by atoms with Crippen LogP contribution < -0.4 is 5.32 Å². The summed E-state index contributed by atoms with van der Waals surface area (Å²) in [5.41, 5.74) is 2.37. The summed E-state index contributed by atoms with van der Waals surface area (Å²) in [6.45, 7) is 3.74. The van der Waals surface area contributed by atoms with Crippen molar-refractivity contribution in [1.29, 1.82) is 0 Å². The number of halogens is 1. The standard InChI is InChI=1S/C18H14FN5OS/c1-10-6-7-12(8-15(10)24-11(2)21-22-23-24)20-18(25)17-9-13-14(19)4-3-5-16(13)26-17/h3-9H,1-2H3,(H,20,25). The number of hydrogen-bond donors (Lipinski definition) is 1. The third-order valence-corrected chi connectivity index (χ3v) is 5.15. The number of rotatable bonds is 3. The Labute approximate surface area is 152 Å². The molecule has 0 bridgehead atoms. The van der Waals surface area contributed by atoms with Gasteiger partial charge < -0.3 is 5.32 Å². The second-order valence-corrected chi connectivity index (χ2v) is 6.94. The second kappa shape index (κ2) is 6.30. The molecule has 0 aliphatic carbocycles. The van der Waals surface area contributed by atoms with Crippen molar-refractivity contribution in [3.8, 4) is 5.69 Å². The number of fused-ring (bicyclic) bond motifs is 1. The molecule has 2 heterocycles. The molecule has 4 aromatic rings. The van der Waals surface area contributed by atoms with Crippen LogP contribution in [0.2, 0.25) is 0 Å². The first-order valence-corrected chi connectivity index (χ1v) is 8.70. The van der Waals surface area contributed by atoms with Crippen LogP contribution in [0.25, 0.3) is 15.8 Å². The zero-order chi connectivity index (χ0) is 18.3. The minimum absolute atomic E-state index is 0.283. The molecule has 130 valence electrons. The average Bonchev–Trinajstić information content (AvgIpc) is 3.24. The van der Waals surface area contributed by atoms with Crippen LogP contribution in [0.4, 0.5) is 10.1 Å². The molecule has 2 aromatic heterocycles. The molecule has 0 aliphatic rings. The van der Waals surface area contributed by atoms with E-state index in [1.165, 1.54) is 17.4 Å². The summed E-state index contributed by atoms with van der Waals surface area (Å²) in [5, 5.41) is 14.8. The van der Waals surface area contributed by atoms with Crippen molar-refractivity contribution in [2.24, 2.45) is 0 Å². The average molecular weight is 367 g/mol. The number of aromatic nitrogens is 4. The molecule has 8 heteroatoms. The van der Waals surface area contributed by atoms with Crippen molar-refractivity contribution >= 4 is 33.0 Å². The lowest BCUT2D eigenvalue weighted by atomic mass is 10.1. The van der Waals surface area contributed by atoms with E-state index in [2.05, 4.69) is 20.8 Å². The highest BCUT2D eigenvalue weighted by Gasteiger charge is 2.14. The molecule has 1 amide bonds. The first-order valence-electron chi connectivity index (χ1n) is 7.88. The second-order valence-electron chi connectivity index (χ2n) is 5.86. The Hall–Kier alpha value is -3.13. The highest BCUT2D eigenvalue weighted by molar-refractivity contribution is 7.20. The predicted molar refractivity (Wildman–Crippen MR) is 98.4 cm³/mol. The first kappa shape index (κ1) is 16.3. The number of nitrogens with one attached hydrogen (secondary N) is 1. The van der Waals surface area contributed by atoms with Gasteiger partial charge in [0, 0.05) is 15.8 Å². The number of amides is 1. The van der Waals surface area contributed by atoms with Gasteiger partial charge in [0.1, 0.15) is 5.82 Å². The normalized spacial score (nSPS) is 11.0. The van der Waals surface area contributed by atoms with Gasteiger partial charge in [0.15, 0.2) is 5.82 Å². The fourth-order valence-electron chi connectivity index (χ4n) is 2.70. The molecule has 26 heavy (non-hydrogen) atoms. The molecule has 0 fully saturated rings. The van der Waals surface area contributed by atoms with Crippen molar-refractivity contribution in [3.05, 3.63) is 64.5 Å². The SMILES string of the molecule is Cc1ccc(NC(=O)c2cc3c(F)cccc3s2)cc1-n1nnnc1C. The summed E-state index contributed by atoms with van der Waals surface area (Å²) in [7, 11) is 0. The van der Waals surface area contributed by atoms with Gasteiger partial charge in [-0.05, 0) is 60.2 Å². The quantitative estimate of drug-likeness (QED) is 0.596. The van der Waals surface area contributed by atoms with Crippen LogP contribution >= 0.6 is 11.3 Å².